The van der Waals surface area contributed by atoms with E-state index in [1.807, 2.05) is 6.07 Å². The van der Waals surface area contributed by atoms with Gasteiger partial charge in [-0.05, 0) is 37.3 Å². The van der Waals surface area contributed by atoms with E-state index in [-0.39, 0.29) is 0 Å². The van der Waals surface area contributed by atoms with Crippen molar-refractivity contribution in [1.82, 2.24) is 5.32 Å². The molecule has 3 heteroatoms. The van der Waals surface area contributed by atoms with E-state index in [9.17, 15) is 0 Å². The third kappa shape index (κ3) is 2.74. The molecule has 1 atom stereocenters. The summed E-state index contributed by atoms with van der Waals surface area (Å²) in [5.41, 5.74) is 0.551. The van der Waals surface area contributed by atoms with Gasteiger partial charge in [-0.1, -0.05) is 24.9 Å². The van der Waals surface area contributed by atoms with E-state index in [0.717, 1.165) is 10.9 Å². The van der Waals surface area contributed by atoms with Gasteiger partial charge >= 0.3 is 0 Å². The predicted octanol–water partition coefficient (Wildman–Crippen LogP) is 4.24. The summed E-state index contributed by atoms with van der Waals surface area (Å²) in [5.74, 6) is 0. The molecule has 1 heterocycles. The second-order valence-electron chi connectivity index (χ2n) is 4.91. The second kappa shape index (κ2) is 4.44. The molecule has 0 spiro atoms. The highest BCUT2D eigenvalue weighted by Crippen LogP contribution is 2.40. The quantitative estimate of drug-likeness (QED) is 0.834. The maximum atomic E-state index is 5.92. The molecule has 0 aliphatic heterocycles. The van der Waals surface area contributed by atoms with E-state index >= 15 is 0 Å². The van der Waals surface area contributed by atoms with Crippen LogP contribution in [0.1, 0.15) is 44.0 Å². The molecule has 1 aliphatic rings. The highest BCUT2D eigenvalue weighted by atomic mass is 35.5. The van der Waals surface area contributed by atoms with E-state index < -0.39 is 0 Å². The Hall–Kier alpha value is -0.0500. The molecular formula is C12H18ClNS. The molecule has 0 radical (unpaired) electrons. The third-order valence-corrected chi connectivity index (χ3v) is 4.83. The van der Waals surface area contributed by atoms with Gasteiger partial charge in [0.25, 0.3) is 0 Å². The molecule has 1 unspecified atom stereocenters. The lowest BCUT2D eigenvalue weighted by atomic mass is 9.70. The van der Waals surface area contributed by atoms with Gasteiger partial charge in [-0.15, -0.1) is 11.3 Å². The van der Waals surface area contributed by atoms with E-state index in [1.165, 1.54) is 24.1 Å². The number of halogens is 1. The van der Waals surface area contributed by atoms with Gasteiger partial charge in [0.15, 0.2) is 0 Å². The van der Waals surface area contributed by atoms with Crippen LogP contribution in [-0.4, -0.2) is 6.54 Å². The van der Waals surface area contributed by atoms with Gasteiger partial charge in [0.2, 0.25) is 0 Å². The fourth-order valence-electron chi connectivity index (χ4n) is 2.02. The van der Waals surface area contributed by atoms with Gasteiger partial charge in [0.1, 0.15) is 0 Å². The zero-order valence-corrected chi connectivity index (χ0v) is 10.9. The Morgan fingerprint density at radius 3 is 2.73 bits per heavy atom. The van der Waals surface area contributed by atoms with Crippen molar-refractivity contribution in [3.8, 4) is 0 Å². The largest absolute Gasteiger partial charge is 0.309 e. The van der Waals surface area contributed by atoms with Crippen molar-refractivity contribution < 1.29 is 0 Å². The average molecular weight is 244 g/mol. The van der Waals surface area contributed by atoms with Crippen LogP contribution >= 0.6 is 22.9 Å². The Balaban J connectivity index is 1.84. The number of hydrogen-bond acceptors (Lipinski definition) is 2. The van der Waals surface area contributed by atoms with Crippen molar-refractivity contribution >= 4 is 22.9 Å². The van der Waals surface area contributed by atoms with E-state index in [2.05, 4.69) is 25.2 Å². The van der Waals surface area contributed by atoms with E-state index in [0.29, 0.717) is 11.5 Å². The maximum Gasteiger partial charge on any atom is 0.0931 e. The summed E-state index contributed by atoms with van der Waals surface area (Å²) in [6.45, 7) is 5.71. The van der Waals surface area contributed by atoms with Crippen LogP contribution in [-0.2, 0) is 0 Å². The summed E-state index contributed by atoms with van der Waals surface area (Å²) < 4.78 is 0.883. The average Bonchev–Trinajstić information content (AvgIpc) is 2.58. The third-order valence-electron chi connectivity index (χ3n) is 3.42. The lowest BCUT2D eigenvalue weighted by molar-refractivity contribution is 0.152. The molecule has 1 aliphatic carbocycles. The fourth-order valence-corrected chi connectivity index (χ4v) is 3.11. The molecule has 1 fully saturated rings. The molecule has 0 bridgehead atoms. The summed E-state index contributed by atoms with van der Waals surface area (Å²) in [6, 6.07) is 4.53. The van der Waals surface area contributed by atoms with Gasteiger partial charge in [-0.3, -0.25) is 0 Å². The van der Waals surface area contributed by atoms with Crippen molar-refractivity contribution in [3.63, 3.8) is 0 Å². The molecule has 1 N–H and O–H groups in total. The van der Waals surface area contributed by atoms with Gasteiger partial charge < -0.3 is 5.32 Å². The number of rotatable bonds is 4. The van der Waals surface area contributed by atoms with Crippen molar-refractivity contribution in [2.45, 2.75) is 39.2 Å². The summed E-state index contributed by atoms with van der Waals surface area (Å²) in [4.78, 5) is 1.34. The SMILES string of the molecule is CC(NCC1(C)CCC1)c1ccc(Cl)s1. The summed E-state index contributed by atoms with van der Waals surface area (Å²) in [6.07, 6.45) is 4.15. The molecule has 1 saturated carbocycles. The van der Waals surface area contributed by atoms with Crippen LogP contribution in [0.25, 0.3) is 0 Å². The van der Waals surface area contributed by atoms with E-state index in [4.69, 9.17) is 11.6 Å². The Morgan fingerprint density at radius 1 is 1.53 bits per heavy atom. The molecule has 1 aromatic heterocycles. The lowest BCUT2D eigenvalue weighted by Crippen LogP contribution is -2.38. The Kier molecular flexibility index (Phi) is 3.39. The van der Waals surface area contributed by atoms with Crippen LogP contribution in [0.5, 0.6) is 0 Å². The zero-order chi connectivity index (χ0) is 10.9. The van der Waals surface area contributed by atoms with Gasteiger partial charge in [-0.25, -0.2) is 0 Å². The first-order valence-electron chi connectivity index (χ1n) is 5.58. The normalized spacial score (nSPS) is 21.0. The van der Waals surface area contributed by atoms with Crippen molar-refractivity contribution in [2.24, 2.45) is 5.41 Å². The molecule has 0 aromatic carbocycles. The van der Waals surface area contributed by atoms with Crippen molar-refractivity contribution in [1.29, 1.82) is 0 Å². The van der Waals surface area contributed by atoms with Crippen molar-refractivity contribution in [3.05, 3.63) is 21.3 Å². The summed E-state index contributed by atoms with van der Waals surface area (Å²) >= 11 is 7.60. The monoisotopic (exact) mass is 243 g/mol. The van der Waals surface area contributed by atoms with Crippen LogP contribution in [0.2, 0.25) is 4.34 Å². The molecular weight excluding hydrogens is 226 g/mol. The van der Waals surface area contributed by atoms with Gasteiger partial charge in [0, 0.05) is 17.5 Å². The molecule has 1 aromatic rings. The van der Waals surface area contributed by atoms with Crippen LogP contribution in [0.4, 0.5) is 0 Å². The minimum Gasteiger partial charge on any atom is -0.309 e. The summed E-state index contributed by atoms with van der Waals surface area (Å²) in [7, 11) is 0. The van der Waals surface area contributed by atoms with Crippen LogP contribution in [0, 0.1) is 5.41 Å². The van der Waals surface area contributed by atoms with Crippen molar-refractivity contribution in [2.75, 3.05) is 6.54 Å². The Morgan fingerprint density at radius 2 is 2.27 bits per heavy atom. The van der Waals surface area contributed by atoms with Crippen LogP contribution in [0.3, 0.4) is 0 Å². The molecule has 2 rings (SSSR count). The van der Waals surface area contributed by atoms with Gasteiger partial charge in [0.05, 0.1) is 4.34 Å². The first-order valence-corrected chi connectivity index (χ1v) is 6.77. The topological polar surface area (TPSA) is 12.0 Å². The highest BCUT2D eigenvalue weighted by molar-refractivity contribution is 7.16. The molecule has 84 valence electrons. The fraction of sp³-hybridized carbons (Fsp3) is 0.667. The molecule has 0 amide bonds. The first-order chi connectivity index (χ1) is 7.09. The van der Waals surface area contributed by atoms with Gasteiger partial charge in [-0.2, -0.15) is 0 Å². The molecule has 1 nitrogen and oxygen atoms in total. The van der Waals surface area contributed by atoms with E-state index in [1.54, 1.807) is 11.3 Å². The minimum absolute atomic E-state index is 0.430. The number of nitrogens with one attached hydrogen (secondary N) is 1. The molecule has 0 saturated heterocycles. The molecule has 15 heavy (non-hydrogen) atoms. The minimum atomic E-state index is 0.430. The number of hydrogen-bond donors (Lipinski definition) is 1. The van der Waals surface area contributed by atoms with Crippen LogP contribution < -0.4 is 5.32 Å². The smallest absolute Gasteiger partial charge is 0.0931 e. The number of thiophene rings is 1. The maximum absolute atomic E-state index is 5.92. The predicted molar refractivity (Wildman–Crippen MR) is 67.7 cm³/mol. The zero-order valence-electron chi connectivity index (χ0n) is 9.35. The first kappa shape index (κ1) is 11.4. The Labute approximate surface area is 101 Å². The van der Waals surface area contributed by atoms with Crippen LogP contribution in [0.15, 0.2) is 12.1 Å². The summed E-state index contributed by atoms with van der Waals surface area (Å²) in [5, 5.41) is 3.61. The second-order valence-corrected chi connectivity index (χ2v) is 6.66. The Bertz CT molecular complexity index is 330. The highest BCUT2D eigenvalue weighted by Gasteiger charge is 2.31. The standard InChI is InChI=1S/C12H18ClNS/c1-9(10-4-5-11(13)15-10)14-8-12(2)6-3-7-12/h4-5,9,14H,3,6-8H2,1-2H3. The lowest BCUT2D eigenvalue weighted by Gasteiger charge is -2.39.